The van der Waals surface area contributed by atoms with E-state index in [2.05, 4.69) is 5.32 Å². The van der Waals surface area contributed by atoms with Gasteiger partial charge in [0.05, 0.1) is 10.7 Å². The Morgan fingerprint density at radius 2 is 1.92 bits per heavy atom. The van der Waals surface area contributed by atoms with Crippen molar-refractivity contribution in [1.29, 1.82) is 0 Å². The quantitative estimate of drug-likeness (QED) is 0.580. The van der Waals surface area contributed by atoms with Gasteiger partial charge in [0.2, 0.25) is 0 Å². The van der Waals surface area contributed by atoms with Gasteiger partial charge in [0.25, 0.3) is 0 Å². The van der Waals surface area contributed by atoms with Gasteiger partial charge in [-0.1, -0.05) is 23.2 Å². The largest absolute Gasteiger partial charge is 0.318 e. The molecule has 1 N–H and O–H groups in total. The fourth-order valence-electron chi connectivity index (χ4n) is 0.859. The smallest absolute Gasteiger partial charge is 0.311 e. The number of nitrogens with one attached hydrogen (secondary N) is 1. The van der Waals surface area contributed by atoms with Crippen LogP contribution >= 0.6 is 34.8 Å². The Morgan fingerprint density at radius 1 is 1.31 bits per heavy atom. The van der Waals surface area contributed by atoms with E-state index in [1.165, 1.54) is 0 Å². The number of benzene rings is 1. The van der Waals surface area contributed by atoms with E-state index in [9.17, 15) is 4.79 Å². The normalized spacial score (nSPS) is 9.85. The molecule has 0 saturated heterocycles. The first-order valence-corrected chi connectivity index (χ1v) is 4.56. The van der Waals surface area contributed by atoms with Gasteiger partial charge in [0.1, 0.15) is 0 Å². The lowest BCUT2D eigenvalue weighted by Gasteiger charge is -2.06. The molecule has 0 saturated carbocycles. The fourth-order valence-corrected chi connectivity index (χ4v) is 1.39. The lowest BCUT2D eigenvalue weighted by Crippen LogP contribution is -2.01. The summed E-state index contributed by atoms with van der Waals surface area (Å²) in [7, 11) is 0. The van der Waals surface area contributed by atoms with Crippen molar-refractivity contribution in [1.82, 2.24) is 0 Å². The number of hydrogen-bond acceptors (Lipinski definition) is 1. The van der Waals surface area contributed by atoms with Crippen LogP contribution in [-0.2, 0) is 0 Å². The van der Waals surface area contributed by atoms with Crippen molar-refractivity contribution < 1.29 is 4.79 Å². The molecule has 0 bridgehead atoms. The van der Waals surface area contributed by atoms with Crippen LogP contribution in [0.5, 0.6) is 0 Å². The van der Waals surface area contributed by atoms with Gasteiger partial charge in [0.15, 0.2) is 0 Å². The zero-order valence-corrected chi connectivity index (χ0v) is 8.96. The predicted octanol–water partition coefficient (Wildman–Crippen LogP) is 4.07. The summed E-state index contributed by atoms with van der Waals surface area (Å²) in [5, 5.41) is 2.62. The van der Waals surface area contributed by atoms with Crippen molar-refractivity contribution in [3.63, 3.8) is 0 Å². The van der Waals surface area contributed by atoms with E-state index in [1.54, 1.807) is 12.1 Å². The van der Waals surface area contributed by atoms with E-state index in [0.717, 1.165) is 5.56 Å². The Morgan fingerprint density at radius 3 is 2.46 bits per heavy atom. The molecule has 2 nitrogen and oxygen atoms in total. The summed E-state index contributed by atoms with van der Waals surface area (Å²) in [6.45, 7) is 1.81. The average molecular weight is 239 g/mol. The van der Waals surface area contributed by atoms with Crippen molar-refractivity contribution in [2.75, 3.05) is 5.32 Å². The molecule has 0 unspecified atom stereocenters. The van der Waals surface area contributed by atoms with E-state index >= 15 is 0 Å². The number of halogens is 3. The zero-order chi connectivity index (χ0) is 10.0. The first-order chi connectivity index (χ1) is 6.00. The minimum Gasteiger partial charge on any atom is -0.311 e. The molecule has 1 aromatic carbocycles. The summed E-state index contributed by atoms with van der Waals surface area (Å²) in [6, 6.07) is 3.21. The number of carbonyl (C=O) groups is 1. The molecule has 1 aromatic rings. The monoisotopic (exact) mass is 237 g/mol. The van der Waals surface area contributed by atoms with Gasteiger partial charge in [-0.2, -0.15) is 0 Å². The van der Waals surface area contributed by atoms with E-state index in [1.807, 2.05) is 6.92 Å². The molecule has 0 fully saturated rings. The number of anilines is 1. The third kappa shape index (κ3) is 2.76. The first-order valence-electron chi connectivity index (χ1n) is 3.43. The molecule has 0 radical (unpaired) electrons. The predicted molar refractivity (Wildman–Crippen MR) is 56.1 cm³/mol. The van der Waals surface area contributed by atoms with E-state index < -0.39 is 5.37 Å². The summed E-state index contributed by atoms with van der Waals surface area (Å²) in [6.07, 6.45) is 0. The maximum Gasteiger partial charge on any atom is 0.318 e. The maximum absolute atomic E-state index is 10.5. The molecule has 5 heteroatoms. The molecule has 0 aliphatic carbocycles. The van der Waals surface area contributed by atoms with Gasteiger partial charge in [0, 0.05) is 5.02 Å². The van der Waals surface area contributed by atoms with E-state index in [4.69, 9.17) is 34.8 Å². The highest BCUT2D eigenvalue weighted by molar-refractivity contribution is 6.66. The Kier molecular flexibility index (Phi) is 3.42. The Labute approximate surface area is 90.8 Å². The van der Waals surface area contributed by atoms with Crippen LogP contribution in [0.3, 0.4) is 0 Å². The second kappa shape index (κ2) is 4.18. The molecule has 0 aliphatic heterocycles. The van der Waals surface area contributed by atoms with Gasteiger partial charge >= 0.3 is 5.37 Å². The number of aryl methyl sites for hydroxylation is 1. The van der Waals surface area contributed by atoms with E-state index in [-0.39, 0.29) is 0 Å². The van der Waals surface area contributed by atoms with Crippen molar-refractivity contribution in [3.8, 4) is 0 Å². The molecule has 1 rings (SSSR count). The lowest BCUT2D eigenvalue weighted by atomic mass is 10.2. The van der Waals surface area contributed by atoms with Gasteiger partial charge in [-0.15, -0.1) is 0 Å². The minimum absolute atomic E-state index is 0.365. The fraction of sp³-hybridized carbons (Fsp3) is 0.125. The number of carbonyl (C=O) groups excluding carboxylic acids is 1. The SMILES string of the molecule is Cc1cc(NC(=O)Cl)c(Cl)cc1Cl. The van der Waals surface area contributed by atoms with E-state index in [0.29, 0.717) is 15.7 Å². The second-order valence-corrected chi connectivity index (χ2v) is 3.64. The Hall–Kier alpha value is -0.440. The molecule has 0 aromatic heterocycles. The van der Waals surface area contributed by atoms with Gasteiger partial charge < -0.3 is 5.32 Å². The highest BCUT2D eigenvalue weighted by Gasteiger charge is 2.05. The molecule has 70 valence electrons. The molecule has 0 atom stereocenters. The molecular formula is C8H6Cl3NO. The van der Waals surface area contributed by atoms with Crippen molar-refractivity contribution in [2.45, 2.75) is 6.92 Å². The molecular weight excluding hydrogens is 232 g/mol. The number of amides is 1. The zero-order valence-electron chi connectivity index (χ0n) is 6.70. The highest BCUT2D eigenvalue weighted by atomic mass is 35.5. The lowest BCUT2D eigenvalue weighted by molar-refractivity contribution is 0.269. The van der Waals surface area contributed by atoms with Crippen molar-refractivity contribution in [3.05, 3.63) is 27.7 Å². The van der Waals surface area contributed by atoms with Crippen LogP contribution in [0, 0.1) is 6.92 Å². The third-order valence-corrected chi connectivity index (χ3v) is 2.30. The summed E-state index contributed by atoms with van der Waals surface area (Å²) < 4.78 is 0. The number of hydrogen-bond donors (Lipinski definition) is 1. The van der Waals surface area contributed by atoms with Crippen molar-refractivity contribution >= 4 is 45.9 Å². The summed E-state index contributed by atoms with van der Waals surface area (Å²) in [5.74, 6) is 0. The highest BCUT2D eigenvalue weighted by Crippen LogP contribution is 2.28. The molecule has 0 heterocycles. The van der Waals surface area contributed by atoms with Crippen LogP contribution in [0.25, 0.3) is 0 Å². The van der Waals surface area contributed by atoms with Crippen LogP contribution in [0.1, 0.15) is 5.56 Å². The van der Waals surface area contributed by atoms with Crippen LogP contribution < -0.4 is 5.32 Å². The Bertz CT molecular complexity index is 351. The maximum atomic E-state index is 10.5. The molecule has 0 spiro atoms. The molecule has 0 aliphatic rings. The Balaban J connectivity index is 3.08. The third-order valence-electron chi connectivity index (χ3n) is 1.48. The summed E-state index contributed by atoms with van der Waals surface area (Å²) in [4.78, 5) is 10.5. The van der Waals surface area contributed by atoms with Gasteiger partial charge in [-0.3, -0.25) is 4.79 Å². The van der Waals surface area contributed by atoms with Crippen LogP contribution in [-0.4, -0.2) is 5.37 Å². The molecule has 1 amide bonds. The van der Waals surface area contributed by atoms with Crippen LogP contribution in [0.15, 0.2) is 12.1 Å². The molecule has 13 heavy (non-hydrogen) atoms. The van der Waals surface area contributed by atoms with Gasteiger partial charge in [-0.05, 0) is 36.2 Å². The first kappa shape index (κ1) is 10.6. The van der Waals surface area contributed by atoms with Gasteiger partial charge in [-0.25, -0.2) is 0 Å². The summed E-state index contributed by atoms with van der Waals surface area (Å²) in [5.41, 5.74) is 1.29. The average Bonchev–Trinajstić information content (AvgIpc) is 1.99. The summed E-state index contributed by atoms with van der Waals surface area (Å²) >= 11 is 16.7. The number of rotatable bonds is 1. The van der Waals surface area contributed by atoms with Crippen LogP contribution in [0.2, 0.25) is 10.0 Å². The standard InChI is InChI=1S/C8H6Cl3NO/c1-4-2-7(12-8(11)13)6(10)3-5(4)9/h2-3H,1H3,(H,12,13). The topological polar surface area (TPSA) is 29.1 Å². The van der Waals surface area contributed by atoms with Crippen molar-refractivity contribution in [2.24, 2.45) is 0 Å². The second-order valence-electron chi connectivity index (χ2n) is 2.48. The minimum atomic E-state index is -0.677. The van der Waals surface area contributed by atoms with Crippen LogP contribution in [0.4, 0.5) is 10.5 Å².